The Morgan fingerprint density at radius 3 is 1.37 bits per heavy atom. The van der Waals surface area contributed by atoms with E-state index in [0.29, 0.717) is 0 Å². The Kier molecular flexibility index (Phi) is 7.85. The molecule has 5 aromatic carbocycles. The first-order valence-electron chi connectivity index (χ1n) is 13.3. The molecule has 0 spiro atoms. The smallest absolute Gasteiger partial charge is 0.0687 e. The van der Waals surface area contributed by atoms with Crippen molar-refractivity contribution in [1.82, 2.24) is 0 Å². The van der Waals surface area contributed by atoms with Crippen LogP contribution in [0.4, 0.5) is 0 Å². The topological polar surface area (TPSA) is 0 Å². The Morgan fingerprint density at radius 2 is 0.842 bits per heavy atom. The van der Waals surface area contributed by atoms with Crippen molar-refractivity contribution in [2.45, 2.75) is 20.8 Å². The van der Waals surface area contributed by atoms with Crippen molar-refractivity contribution in [3.05, 3.63) is 162 Å². The number of allylic oxidation sites excluding steroid dienone is 4. The third-order valence-corrected chi connectivity index (χ3v) is 7.27. The van der Waals surface area contributed by atoms with Crippen molar-refractivity contribution in [2.24, 2.45) is 0 Å². The van der Waals surface area contributed by atoms with Gasteiger partial charge in [0, 0.05) is 0 Å². The summed E-state index contributed by atoms with van der Waals surface area (Å²) in [5, 5.41) is 0. The van der Waals surface area contributed by atoms with E-state index in [-0.39, 0.29) is 6.71 Å². The molecule has 0 saturated carbocycles. The predicted octanol–water partition coefficient (Wildman–Crippen LogP) is 7.69. The van der Waals surface area contributed by atoms with Crippen molar-refractivity contribution in [1.29, 1.82) is 0 Å². The van der Waals surface area contributed by atoms with E-state index in [9.17, 15) is 0 Å². The lowest BCUT2D eigenvalue weighted by Gasteiger charge is -2.17. The molecule has 38 heavy (non-hydrogen) atoms. The normalized spacial score (nSPS) is 11.9. The molecule has 0 saturated heterocycles. The molecular weight excluding hydrogens is 455 g/mol. The van der Waals surface area contributed by atoms with Gasteiger partial charge in [0.1, 0.15) is 0 Å². The van der Waals surface area contributed by atoms with Crippen LogP contribution in [-0.4, -0.2) is 6.71 Å². The van der Waals surface area contributed by atoms with E-state index in [0.717, 1.165) is 0 Å². The highest BCUT2D eigenvalue weighted by Crippen LogP contribution is 2.19. The van der Waals surface area contributed by atoms with Gasteiger partial charge in [-0.05, 0) is 54.2 Å². The fraction of sp³-hybridized carbons (Fsp3) is 0.0811. The lowest BCUT2D eigenvalue weighted by molar-refractivity contribution is 1.49. The average Bonchev–Trinajstić information content (AvgIpc) is 2.98. The van der Waals surface area contributed by atoms with Gasteiger partial charge in [0.2, 0.25) is 6.71 Å². The Morgan fingerprint density at radius 1 is 0.447 bits per heavy atom. The van der Waals surface area contributed by atoms with E-state index in [1.807, 2.05) is 0 Å². The lowest BCUT2D eigenvalue weighted by atomic mass is 9.37. The molecule has 184 valence electrons. The van der Waals surface area contributed by atoms with Crippen molar-refractivity contribution in [3.8, 4) is 11.1 Å². The number of hydrogen-bond donors (Lipinski definition) is 0. The number of rotatable bonds is 7. The van der Waals surface area contributed by atoms with Crippen LogP contribution in [0.2, 0.25) is 0 Å². The molecule has 0 amide bonds. The van der Waals surface area contributed by atoms with Gasteiger partial charge in [0.25, 0.3) is 0 Å². The average molecular weight is 488 g/mol. The molecule has 0 fully saturated rings. The van der Waals surface area contributed by atoms with Crippen molar-refractivity contribution >= 4 is 34.2 Å². The summed E-state index contributed by atoms with van der Waals surface area (Å²) in [6.07, 6.45) is 4.43. The first-order valence-corrected chi connectivity index (χ1v) is 13.3. The maximum absolute atomic E-state index is 2.29. The highest BCUT2D eigenvalue weighted by atomic mass is 14.0. The van der Waals surface area contributed by atoms with Gasteiger partial charge in [-0.1, -0.05) is 168 Å². The van der Waals surface area contributed by atoms with E-state index in [1.165, 1.54) is 55.4 Å². The first kappa shape index (κ1) is 25.3. The van der Waals surface area contributed by atoms with Gasteiger partial charge in [0.05, 0.1) is 0 Å². The minimum absolute atomic E-state index is 0.180. The van der Waals surface area contributed by atoms with E-state index in [2.05, 4.69) is 166 Å². The zero-order valence-corrected chi connectivity index (χ0v) is 22.4. The van der Waals surface area contributed by atoms with Gasteiger partial charge in [0.15, 0.2) is 0 Å². The summed E-state index contributed by atoms with van der Waals surface area (Å²) >= 11 is 0. The van der Waals surface area contributed by atoms with Gasteiger partial charge in [-0.2, -0.15) is 0 Å². The molecule has 0 aliphatic heterocycles. The summed E-state index contributed by atoms with van der Waals surface area (Å²) in [7, 11) is 0. The van der Waals surface area contributed by atoms with Crippen molar-refractivity contribution in [2.75, 3.05) is 0 Å². The third-order valence-electron chi connectivity index (χ3n) is 7.27. The third kappa shape index (κ3) is 5.95. The summed E-state index contributed by atoms with van der Waals surface area (Å²) in [6.45, 7) is 6.67. The van der Waals surface area contributed by atoms with E-state index in [1.54, 1.807) is 0 Å². The maximum Gasteiger partial charge on any atom is 0.241 e. The summed E-state index contributed by atoms with van der Waals surface area (Å²) in [5.74, 6) is 0. The van der Waals surface area contributed by atoms with Crippen molar-refractivity contribution < 1.29 is 0 Å². The van der Waals surface area contributed by atoms with Gasteiger partial charge in [-0.15, -0.1) is 0 Å². The first-order chi connectivity index (χ1) is 18.6. The monoisotopic (exact) mass is 488 g/mol. The van der Waals surface area contributed by atoms with Crippen LogP contribution in [-0.2, 0) is 0 Å². The lowest BCUT2D eigenvalue weighted by Crippen LogP contribution is -2.51. The Labute approximate surface area is 228 Å². The van der Waals surface area contributed by atoms with Crippen LogP contribution in [0.25, 0.3) is 22.3 Å². The zero-order chi connectivity index (χ0) is 26.3. The van der Waals surface area contributed by atoms with E-state index in [4.69, 9.17) is 0 Å². The summed E-state index contributed by atoms with van der Waals surface area (Å²) in [6, 6.07) is 48.2. The van der Waals surface area contributed by atoms with Gasteiger partial charge >= 0.3 is 0 Å². The standard InChI is InChI=1S/C37H33B/c1-28-14-22-35(23-15-28)38(37-26-20-34(21-27-37)33-12-8-5-9-13-33)36-24-18-32(19-25-36)30(3)17-16-29(2)31-10-6-4-7-11-31/h4-27H,1-3H3/b29-16+,30-17+. The second kappa shape index (κ2) is 11.8. The SMILES string of the molecule is C/C(=C\C=C(/C)c1ccc(B(c2ccc(C)cc2)c2ccc(-c3ccccc3)cc2)cc1)c1ccccc1. The Bertz CT molecular complexity index is 1520. The fourth-order valence-corrected chi connectivity index (χ4v) is 4.92. The second-order valence-electron chi connectivity index (χ2n) is 10.0. The highest BCUT2D eigenvalue weighted by molar-refractivity contribution is 6.95. The maximum atomic E-state index is 2.29. The van der Waals surface area contributed by atoms with Gasteiger partial charge in [-0.3, -0.25) is 0 Å². The summed E-state index contributed by atoms with van der Waals surface area (Å²) in [5.41, 5.74) is 12.7. The molecule has 0 atom stereocenters. The molecular formula is C37H33B. The fourth-order valence-electron chi connectivity index (χ4n) is 4.92. The molecule has 0 unspecified atom stereocenters. The minimum atomic E-state index is 0.180. The second-order valence-corrected chi connectivity index (χ2v) is 10.0. The molecule has 0 nitrogen and oxygen atoms in total. The molecule has 0 N–H and O–H groups in total. The zero-order valence-electron chi connectivity index (χ0n) is 22.4. The highest BCUT2D eigenvalue weighted by Gasteiger charge is 2.21. The number of hydrogen-bond acceptors (Lipinski definition) is 0. The van der Waals surface area contributed by atoms with Crippen LogP contribution >= 0.6 is 0 Å². The molecule has 0 aromatic heterocycles. The molecule has 5 rings (SSSR count). The summed E-state index contributed by atoms with van der Waals surface area (Å²) < 4.78 is 0. The van der Waals surface area contributed by atoms with Crippen LogP contribution < -0.4 is 16.4 Å². The van der Waals surface area contributed by atoms with Crippen LogP contribution in [0.1, 0.15) is 30.5 Å². The Balaban J connectivity index is 1.44. The minimum Gasteiger partial charge on any atom is -0.0687 e. The van der Waals surface area contributed by atoms with Crippen LogP contribution in [0.5, 0.6) is 0 Å². The van der Waals surface area contributed by atoms with Crippen LogP contribution in [0, 0.1) is 6.92 Å². The largest absolute Gasteiger partial charge is 0.241 e. The van der Waals surface area contributed by atoms with Crippen LogP contribution in [0.3, 0.4) is 0 Å². The molecule has 0 bridgehead atoms. The molecule has 0 radical (unpaired) electrons. The van der Waals surface area contributed by atoms with E-state index >= 15 is 0 Å². The quantitative estimate of drug-likeness (QED) is 0.163. The molecule has 1 heteroatoms. The number of aryl methyl sites for hydroxylation is 1. The Hall–Kier alpha value is -4.36. The van der Waals surface area contributed by atoms with Crippen LogP contribution in [0.15, 0.2) is 146 Å². The molecule has 5 aromatic rings. The molecule has 0 aliphatic rings. The van der Waals surface area contributed by atoms with Gasteiger partial charge < -0.3 is 0 Å². The van der Waals surface area contributed by atoms with Crippen molar-refractivity contribution in [3.63, 3.8) is 0 Å². The number of benzene rings is 5. The predicted molar refractivity (Wildman–Crippen MR) is 168 cm³/mol. The van der Waals surface area contributed by atoms with Gasteiger partial charge in [-0.25, -0.2) is 0 Å². The summed E-state index contributed by atoms with van der Waals surface area (Å²) in [4.78, 5) is 0. The van der Waals surface area contributed by atoms with E-state index < -0.39 is 0 Å². The molecule has 0 aliphatic carbocycles. The molecule has 0 heterocycles.